The number of hydrogen-bond acceptors (Lipinski definition) is 2. The van der Waals surface area contributed by atoms with Crippen molar-refractivity contribution < 1.29 is 8.42 Å². The SMILES string of the molecule is O=S(=O)(Nc1ccccc1Cl)c1ccc2[nH]c3c(c2c1)CCCC3. The predicted octanol–water partition coefficient (Wildman–Crippen LogP) is 4.50. The molecule has 1 heterocycles. The number of rotatable bonds is 3. The van der Waals surface area contributed by atoms with Crippen molar-refractivity contribution in [2.45, 2.75) is 30.6 Å². The van der Waals surface area contributed by atoms with Gasteiger partial charge in [0.25, 0.3) is 10.0 Å². The first kappa shape index (κ1) is 15.5. The standard InChI is InChI=1S/C18H17ClN2O2S/c19-15-6-2-4-8-18(15)21-24(22,23)12-9-10-17-14(11-12)13-5-1-3-7-16(13)20-17/h2,4,6,8-11,20-21H,1,3,5,7H2. The van der Waals surface area contributed by atoms with Gasteiger partial charge in [-0.3, -0.25) is 4.72 Å². The van der Waals surface area contributed by atoms with Crippen molar-refractivity contribution in [1.82, 2.24) is 4.98 Å². The third kappa shape index (κ3) is 2.68. The molecule has 1 aromatic heterocycles. The molecule has 0 spiro atoms. The maximum absolute atomic E-state index is 12.7. The molecule has 1 aliphatic rings. The van der Waals surface area contributed by atoms with Crippen LogP contribution >= 0.6 is 11.6 Å². The fourth-order valence-corrected chi connectivity index (χ4v) is 4.64. The van der Waals surface area contributed by atoms with Crippen LogP contribution in [-0.4, -0.2) is 13.4 Å². The maximum Gasteiger partial charge on any atom is 0.261 e. The lowest BCUT2D eigenvalue weighted by atomic mass is 9.96. The number of sulfonamides is 1. The molecule has 0 bridgehead atoms. The van der Waals surface area contributed by atoms with E-state index in [2.05, 4.69) is 9.71 Å². The van der Waals surface area contributed by atoms with Gasteiger partial charge in [-0.25, -0.2) is 8.42 Å². The number of hydrogen-bond donors (Lipinski definition) is 2. The summed E-state index contributed by atoms with van der Waals surface area (Å²) in [6.45, 7) is 0. The van der Waals surface area contributed by atoms with Gasteiger partial charge in [0.15, 0.2) is 0 Å². The van der Waals surface area contributed by atoms with Crippen LogP contribution in [0.25, 0.3) is 10.9 Å². The van der Waals surface area contributed by atoms with Gasteiger partial charge in [0.1, 0.15) is 0 Å². The van der Waals surface area contributed by atoms with Crippen molar-refractivity contribution in [1.29, 1.82) is 0 Å². The number of aryl methyl sites for hydroxylation is 2. The molecule has 6 heteroatoms. The van der Waals surface area contributed by atoms with Crippen LogP contribution < -0.4 is 4.72 Å². The molecule has 0 unspecified atom stereocenters. The summed E-state index contributed by atoms with van der Waals surface area (Å²) in [5.41, 5.74) is 3.88. The van der Waals surface area contributed by atoms with Crippen LogP contribution in [0.5, 0.6) is 0 Å². The molecule has 4 rings (SSSR count). The van der Waals surface area contributed by atoms with Crippen LogP contribution in [-0.2, 0) is 22.9 Å². The second-order valence-corrected chi connectivity index (χ2v) is 8.17. The molecule has 0 saturated carbocycles. The average molecular weight is 361 g/mol. The van der Waals surface area contributed by atoms with E-state index < -0.39 is 10.0 Å². The van der Waals surface area contributed by atoms with Crippen LogP contribution in [0.4, 0.5) is 5.69 Å². The van der Waals surface area contributed by atoms with E-state index in [0.717, 1.165) is 30.2 Å². The fourth-order valence-electron chi connectivity index (χ4n) is 3.30. The number of aromatic nitrogens is 1. The van der Waals surface area contributed by atoms with Crippen molar-refractivity contribution in [2.75, 3.05) is 4.72 Å². The fraction of sp³-hybridized carbons (Fsp3) is 0.222. The number of benzene rings is 2. The summed E-state index contributed by atoms with van der Waals surface area (Å²) >= 11 is 6.06. The van der Waals surface area contributed by atoms with E-state index in [9.17, 15) is 8.42 Å². The molecule has 0 radical (unpaired) electrons. The van der Waals surface area contributed by atoms with E-state index in [1.165, 1.54) is 17.7 Å². The van der Waals surface area contributed by atoms with Gasteiger partial charge in [-0.15, -0.1) is 0 Å². The van der Waals surface area contributed by atoms with Gasteiger partial charge >= 0.3 is 0 Å². The molecule has 2 aromatic carbocycles. The zero-order chi connectivity index (χ0) is 16.7. The molecule has 0 amide bonds. The number of anilines is 1. The Labute approximate surface area is 145 Å². The van der Waals surface area contributed by atoms with Crippen LogP contribution in [0.3, 0.4) is 0 Å². The third-order valence-electron chi connectivity index (χ3n) is 4.50. The van der Waals surface area contributed by atoms with Crippen molar-refractivity contribution in [3.8, 4) is 0 Å². The second-order valence-electron chi connectivity index (χ2n) is 6.08. The quantitative estimate of drug-likeness (QED) is 0.722. The summed E-state index contributed by atoms with van der Waals surface area (Å²) in [4.78, 5) is 3.67. The second kappa shape index (κ2) is 5.83. The molecule has 3 aromatic rings. The Morgan fingerprint density at radius 1 is 1.04 bits per heavy atom. The van der Waals surface area contributed by atoms with E-state index in [4.69, 9.17) is 11.6 Å². The van der Waals surface area contributed by atoms with Gasteiger partial charge in [-0.1, -0.05) is 23.7 Å². The highest BCUT2D eigenvalue weighted by Gasteiger charge is 2.20. The van der Waals surface area contributed by atoms with Gasteiger partial charge in [0.2, 0.25) is 0 Å². The Bertz CT molecular complexity index is 1020. The Morgan fingerprint density at radius 2 is 1.83 bits per heavy atom. The summed E-state index contributed by atoms with van der Waals surface area (Å²) in [5, 5.41) is 1.38. The minimum absolute atomic E-state index is 0.252. The van der Waals surface area contributed by atoms with Crippen LogP contribution in [0, 0.1) is 0 Å². The molecule has 24 heavy (non-hydrogen) atoms. The molecule has 4 nitrogen and oxygen atoms in total. The summed E-state index contributed by atoms with van der Waals surface area (Å²) < 4.78 is 28.0. The lowest BCUT2D eigenvalue weighted by molar-refractivity contribution is 0.601. The average Bonchev–Trinajstić information content (AvgIpc) is 2.95. The van der Waals surface area contributed by atoms with E-state index in [-0.39, 0.29) is 4.90 Å². The first-order valence-electron chi connectivity index (χ1n) is 7.95. The molecule has 2 N–H and O–H groups in total. The molecule has 0 fully saturated rings. The molecule has 0 saturated heterocycles. The lowest BCUT2D eigenvalue weighted by Crippen LogP contribution is -2.13. The van der Waals surface area contributed by atoms with Crippen LogP contribution in [0.2, 0.25) is 5.02 Å². The molecule has 0 atom stereocenters. The van der Waals surface area contributed by atoms with E-state index in [0.29, 0.717) is 10.7 Å². The van der Waals surface area contributed by atoms with Gasteiger partial charge in [0.05, 0.1) is 15.6 Å². The Morgan fingerprint density at radius 3 is 2.67 bits per heavy atom. The Kier molecular flexibility index (Phi) is 3.77. The van der Waals surface area contributed by atoms with E-state index in [1.807, 2.05) is 6.07 Å². The topological polar surface area (TPSA) is 62.0 Å². The highest BCUT2D eigenvalue weighted by atomic mass is 35.5. The Balaban J connectivity index is 1.76. The Hall–Kier alpha value is -1.98. The minimum Gasteiger partial charge on any atom is -0.358 e. The summed E-state index contributed by atoms with van der Waals surface area (Å²) in [6, 6.07) is 12.0. The number of para-hydroxylation sites is 1. The zero-order valence-electron chi connectivity index (χ0n) is 13.0. The number of fused-ring (bicyclic) bond motifs is 3. The van der Waals surface area contributed by atoms with Crippen LogP contribution in [0.1, 0.15) is 24.1 Å². The molecule has 1 aliphatic carbocycles. The van der Waals surface area contributed by atoms with Crippen molar-refractivity contribution in [3.63, 3.8) is 0 Å². The smallest absolute Gasteiger partial charge is 0.261 e. The van der Waals surface area contributed by atoms with Gasteiger partial charge in [-0.2, -0.15) is 0 Å². The van der Waals surface area contributed by atoms with Gasteiger partial charge in [0, 0.05) is 16.6 Å². The van der Waals surface area contributed by atoms with Crippen molar-refractivity contribution in [2.24, 2.45) is 0 Å². The van der Waals surface area contributed by atoms with Crippen molar-refractivity contribution >= 4 is 38.2 Å². The van der Waals surface area contributed by atoms with E-state index >= 15 is 0 Å². The van der Waals surface area contributed by atoms with Crippen molar-refractivity contribution in [3.05, 3.63) is 58.7 Å². The highest BCUT2D eigenvalue weighted by molar-refractivity contribution is 7.92. The monoisotopic (exact) mass is 360 g/mol. The normalized spacial score (nSPS) is 14.5. The summed E-state index contributed by atoms with van der Waals surface area (Å²) in [6.07, 6.45) is 4.36. The van der Waals surface area contributed by atoms with Gasteiger partial charge < -0.3 is 4.98 Å². The zero-order valence-corrected chi connectivity index (χ0v) is 14.5. The largest absolute Gasteiger partial charge is 0.358 e. The van der Waals surface area contributed by atoms with Gasteiger partial charge in [-0.05, 0) is 61.6 Å². The number of H-pyrrole nitrogens is 1. The molecular weight excluding hydrogens is 344 g/mol. The summed E-state index contributed by atoms with van der Waals surface area (Å²) in [5.74, 6) is 0. The van der Waals surface area contributed by atoms with Crippen LogP contribution in [0.15, 0.2) is 47.4 Å². The summed E-state index contributed by atoms with van der Waals surface area (Å²) in [7, 11) is -3.68. The first-order valence-corrected chi connectivity index (χ1v) is 9.81. The van der Waals surface area contributed by atoms with E-state index in [1.54, 1.807) is 36.4 Å². The predicted molar refractivity (Wildman–Crippen MR) is 97.2 cm³/mol. The first-order chi connectivity index (χ1) is 11.5. The lowest BCUT2D eigenvalue weighted by Gasteiger charge is -2.11. The third-order valence-corrected chi connectivity index (χ3v) is 6.19. The number of nitrogens with one attached hydrogen (secondary N) is 2. The molecule has 124 valence electrons. The highest BCUT2D eigenvalue weighted by Crippen LogP contribution is 2.31. The maximum atomic E-state index is 12.7. The number of halogens is 1. The molecule has 0 aliphatic heterocycles. The number of aromatic amines is 1. The minimum atomic E-state index is -3.68. The molecular formula is C18H17ClN2O2S.